The molecular weight excluding hydrogens is 188 g/mol. The van der Waals surface area contributed by atoms with Crippen LogP contribution in [0, 0.1) is 0 Å². The van der Waals surface area contributed by atoms with Crippen LogP contribution in [-0.4, -0.2) is 17.6 Å². The third-order valence-corrected chi connectivity index (χ3v) is 2.32. The van der Waals surface area contributed by atoms with Gasteiger partial charge in [0.2, 0.25) is 5.88 Å². The third-order valence-electron chi connectivity index (χ3n) is 2.32. The quantitative estimate of drug-likeness (QED) is 0.719. The molecule has 1 saturated carbocycles. The summed E-state index contributed by atoms with van der Waals surface area (Å²) in [7, 11) is 0. The Morgan fingerprint density at radius 2 is 2.40 bits per heavy atom. The molecule has 3 nitrogen and oxygen atoms in total. The van der Waals surface area contributed by atoms with Gasteiger partial charge in [0, 0.05) is 24.8 Å². The summed E-state index contributed by atoms with van der Waals surface area (Å²) in [5, 5.41) is 3.44. The summed E-state index contributed by atoms with van der Waals surface area (Å²) < 4.78 is 5.30. The average Bonchev–Trinajstić information content (AvgIpc) is 3.09. The van der Waals surface area contributed by atoms with E-state index in [0.29, 0.717) is 12.5 Å². The van der Waals surface area contributed by atoms with E-state index < -0.39 is 0 Å². The molecule has 3 heteroatoms. The Labute approximate surface area is 90.2 Å². The minimum atomic E-state index is 0.507. The lowest BCUT2D eigenvalue weighted by Crippen LogP contribution is -2.15. The van der Waals surface area contributed by atoms with E-state index in [9.17, 15) is 0 Å². The van der Waals surface area contributed by atoms with Crippen LogP contribution in [0.4, 0.5) is 0 Å². The van der Waals surface area contributed by atoms with Gasteiger partial charge >= 0.3 is 0 Å². The summed E-state index contributed by atoms with van der Waals surface area (Å²) >= 11 is 0. The van der Waals surface area contributed by atoms with Gasteiger partial charge in [-0.15, -0.1) is 0 Å². The highest BCUT2D eigenvalue weighted by Crippen LogP contribution is 2.19. The molecule has 1 heterocycles. The molecule has 15 heavy (non-hydrogen) atoms. The van der Waals surface area contributed by atoms with Gasteiger partial charge in [-0.1, -0.05) is 18.7 Å². The van der Waals surface area contributed by atoms with E-state index in [-0.39, 0.29) is 0 Å². The number of nitrogens with zero attached hydrogens (tertiary/aromatic N) is 1. The fraction of sp³-hybridized carbons (Fsp3) is 0.417. The molecule has 0 unspecified atom stereocenters. The average molecular weight is 204 g/mol. The molecule has 1 aromatic heterocycles. The molecular formula is C12H16N2O. The van der Waals surface area contributed by atoms with Crippen molar-refractivity contribution >= 4 is 0 Å². The molecule has 0 spiro atoms. The van der Waals surface area contributed by atoms with Gasteiger partial charge in [0.25, 0.3) is 0 Å². The number of hydrogen-bond donors (Lipinski definition) is 1. The van der Waals surface area contributed by atoms with Gasteiger partial charge in [0.05, 0.1) is 0 Å². The van der Waals surface area contributed by atoms with E-state index in [4.69, 9.17) is 4.74 Å². The maximum absolute atomic E-state index is 5.30. The van der Waals surface area contributed by atoms with Crippen molar-refractivity contribution < 1.29 is 4.74 Å². The van der Waals surface area contributed by atoms with Crippen LogP contribution in [-0.2, 0) is 6.54 Å². The molecule has 0 saturated heterocycles. The molecule has 0 radical (unpaired) electrons. The maximum atomic E-state index is 5.30. The van der Waals surface area contributed by atoms with Crippen LogP contribution >= 0.6 is 0 Å². The third kappa shape index (κ3) is 3.36. The van der Waals surface area contributed by atoms with E-state index in [1.807, 2.05) is 18.3 Å². The summed E-state index contributed by atoms with van der Waals surface area (Å²) in [6.45, 7) is 5.00. The van der Waals surface area contributed by atoms with Crippen molar-refractivity contribution in [2.45, 2.75) is 25.4 Å². The normalized spacial score (nSPS) is 14.9. The van der Waals surface area contributed by atoms with Crippen molar-refractivity contribution in [1.82, 2.24) is 10.3 Å². The topological polar surface area (TPSA) is 34.1 Å². The summed E-state index contributed by atoms with van der Waals surface area (Å²) in [6.07, 6.45) is 6.19. The van der Waals surface area contributed by atoms with E-state index in [0.717, 1.165) is 12.6 Å². The van der Waals surface area contributed by atoms with E-state index in [1.54, 1.807) is 6.08 Å². The summed E-state index contributed by atoms with van der Waals surface area (Å²) in [5.41, 5.74) is 1.20. The Hall–Kier alpha value is -1.35. The Kier molecular flexibility index (Phi) is 3.35. The minimum absolute atomic E-state index is 0.507. The molecule has 2 rings (SSSR count). The van der Waals surface area contributed by atoms with Gasteiger partial charge in [0.15, 0.2) is 0 Å². The van der Waals surface area contributed by atoms with E-state index in [1.165, 1.54) is 18.4 Å². The summed E-state index contributed by atoms with van der Waals surface area (Å²) in [6, 6.07) is 4.68. The fourth-order valence-electron chi connectivity index (χ4n) is 1.29. The SMILES string of the molecule is C=CCOc1ccc(CNC2CC2)cn1. The summed E-state index contributed by atoms with van der Waals surface area (Å²) in [5.74, 6) is 0.657. The largest absolute Gasteiger partial charge is 0.473 e. The Balaban J connectivity index is 1.82. The molecule has 0 aliphatic heterocycles. The number of aromatic nitrogens is 1. The Bertz CT molecular complexity index is 317. The molecule has 1 aliphatic carbocycles. The highest BCUT2D eigenvalue weighted by Gasteiger charge is 2.19. The predicted molar refractivity (Wildman–Crippen MR) is 59.8 cm³/mol. The van der Waals surface area contributed by atoms with Gasteiger partial charge in [0.1, 0.15) is 6.61 Å². The first kappa shape index (κ1) is 10.2. The molecule has 1 aromatic rings. The van der Waals surface area contributed by atoms with E-state index >= 15 is 0 Å². The van der Waals surface area contributed by atoms with Gasteiger partial charge in [-0.3, -0.25) is 0 Å². The Morgan fingerprint density at radius 3 is 3.00 bits per heavy atom. The van der Waals surface area contributed by atoms with Crippen molar-refractivity contribution in [3.05, 3.63) is 36.5 Å². The van der Waals surface area contributed by atoms with Gasteiger partial charge in [-0.05, 0) is 18.4 Å². The number of ether oxygens (including phenoxy) is 1. The first-order valence-corrected chi connectivity index (χ1v) is 5.30. The van der Waals surface area contributed by atoms with E-state index in [2.05, 4.69) is 16.9 Å². The van der Waals surface area contributed by atoms with Crippen LogP contribution in [0.5, 0.6) is 5.88 Å². The van der Waals surface area contributed by atoms with Crippen molar-refractivity contribution in [2.75, 3.05) is 6.61 Å². The van der Waals surface area contributed by atoms with Crippen molar-refractivity contribution in [3.63, 3.8) is 0 Å². The maximum Gasteiger partial charge on any atom is 0.213 e. The predicted octanol–water partition coefficient (Wildman–Crippen LogP) is 1.90. The molecule has 0 aromatic carbocycles. The highest BCUT2D eigenvalue weighted by molar-refractivity contribution is 5.18. The molecule has 1 N–H and O–H groups in total. The Morgan fingerprint density at radius 1 is 1.53 bits per heavy atom. The van der Waals surface area contributed by atoms with Crippen LogP contribution in [0.2, 0.25) is 0 Å². The molecule has 1 aliphatic rings. The minimum Gasteiger partial charge on any atom is -0.473 e. The standard InChI is InChI=1S/C12H16N2O/c1-2-7-15-12-6-3-10(9-14-12)8-13-11-4-5-11/h2-3,6,9,11,13H,1,4-5,7-8H2. The zero-order chi connectivity index (χ0) is 10.5. The van der Waals surface area contributed by atoms with Crippen LogP contribution < -0.4 is 10.1 Å². The number of pyridine rings is 1. The zero-order valence-electron chi connectivity index (χ0n) is 8.78. The van der Waals surface area contributed by atoms with Crippen LogP contribution in [0.15, 0.2) is 31.0 Å². The summed E-state index contributed by atoms with van der Waals surface area (Å²) in [4.78, 5) is 4.20. The number of nitrogens with one attached hydrogen (secondary N) is 1. The highest BCUT2D eigenvalue weighted by atomic mass is 16.5. The molecule has 0 atom stereocenters. The zero-order valence-corrected chi connectivity index (χ0v) is 8.78. The first-order valence-electron chi connectivity index (χ1n) is 5.30. The van der Waals surface area contributed by atoms with Crippen LogP contribution in [0.3, 0.4) is 0 Å². The lowest BCUT2D eigenvalue weighted by atomic mass is 10.3. The number of hydrogen-bond acceptors (Lipinski definition) is 3. The smallest absolute Gasteiger partial charge is 0.213 e. The van der Waals surface area contributed by atoms with Crippen molar-refractivity contribution in [3.8, 4) is 5.88 Å². The van der Waals surface area contributed by atoms with Gasteiger partial charge in [-0.2, -0.15) is 0 Å². The lowest BCUT2D eigenvalue weighted by Gasteiger charge is -2.04. The lowest BCUT2D eigenvalue weighted by molar-refractivity contribution is 0.348. The molecule has 0 amide bonds. The first-order chi connectivity index (χ1) is 7.38. The van der Waals surface area contributed by atoms with Crippen molar-refractivity contribution in [2.24, 2.45) is 0 Å². The van der Waals surface area contributed by atoms with Crippen molar-refractivity contribution in [1.29, 1.82) is 0 Å². The van der Waals surface area contributed by atoms with Crippen LogP contribution in [0.25, 0.3) is 0 Å². The van der Waals surface area contributed by atoms with Crippen LogP contribution in [0.1, 0.15) is 18.4 Å². The second-order valence-corrected chi connectivity index (χ2v) is 3.76. The van der Waals surface area contributed by atoms with Gasteiger partial charge < -0.3 is 10.1 Å². The second kappa shape index (κ2) is 4.94. The molecule has 0 bridgehead atoms. The molecule has 1 fully saturated rings. The monoisotopic (exact) mass is 204 g/mol. The van der Waals surface area contributed by atoms with Gasteiger partial charge in [-0.25, -0.2) is 4.98 Å². The fourth-order valence-corrected chi connectivity index (χ4v) is 1.29. The number of rotatable bonds is 6. The molecule has 80 valence electrons. The second-order valence-electron chi connectivity index (χ2n) is 3.76.